The number of hydrogen-bond donors (Lipinski definition) is 2. The average molecular weight is 322 g/mol. The third kappa shape index (κ3) is 5.67. The Bertz CT molecular complexity index is 402. The number of nitrogens with one attached hydrogen (secondary N) is 2. The summed E-state index contributed by atoms with van der Waals surface area (Å²) in [5, 5.41) is 7.65. The molecule has 0 aliphatic rings. The second-order valence-electron chi connectivity index (χ2n) is 4.40. The number of nitrogens with zero attached hydrogens (tertiary/aromatic N) is 1. The first-order chi connectivity index (χ1) is 9.08. The fourth-order valence-electron chi connectivity index (χ4n) is 1.54. The molecule has 1 aromatic heterocycles. The van der Waals surface area contributed by atoms with Gasteiger partial charge in [-0.25, -0.2) is 4.98 Å². The molecular formula is C13H21Cl2N3S. The van der Waals surface area contributed by atoms with Gasteiger partial charge in [-0.15, -0.1) is 0 Å². The minimum atomic E-state index is 0.331. The molecule has 3 nitrogen and oxygen atoms in total. The Hall–Kier alpha value is -0.320. The zero-order valence-electron chi connectivity index (χ0n) is 11.6. The Balaban J connectivity index is 2.76. The second kappa shape index (κ2) is 8.77. The van der Waals surface area contributed by atoms with Crippen molar-refractivity contribution < 1.29 is 0 Å². The second-order valence-corrected chi connectivity index (χ2v) is 6.20. The summed E-state index contributed by atoms with van der Waals surface area (Å²) in [6, 6.07) is 2.07. The van der Waals surface area contributed by atoms with Crippen molar-refractivity contribution in [3.8, 4) is 0 Å². The summed E-state index contributed by atoms with van der Waals surface area (Å²) in [4.78, 5) is 4.46. The van der Waals surface area contributed by atoms with E-state index >= 15 is 0 Å². The van der Waals surface area contributed by atoms with Gasteiger partial charge in [0.05, 0.1) is 10.0 Å². The Kier molecular flexibility index (Phi) is 7.73. The molecule has 19 heavy (non-hydrogen) atoms. The van der Waals surface area contributed by atoms with Crippen LogP contribution in [0.25, 0.3) is 0 Å². The van der Waals surface area contributed by atoms with Crippen LogP contribution < -0.4 is 10.6 Å². The molecule has 0 aliphatic heterocycles. The van der Waals surface area contributed by atoms with E-state index in [9.17, 15) is 0 Å². The highest BCUT2D eigenvalue weighted by atomic mass is 35.5. The maximum absolute atomic E-state index is 6.17. The first-order valence-electron chi connectivity index (χ1n) is 6.43. The van der Waals surface area contributed by atoms with Crippen LogP contribution in [0.1, 0.15) is 26.7 Å². The Morgan fingerprint density at radius 3 is 2.63 bits per heavy atom. The molecule has 0 aliphatic carbocycles. The third-order valence-electron chi connectivity index (χ3n) is 2.61. The summed E-state index contributed by atoms with van der Waals surface area (Å²) >= 11 is 14.1. The van der Waals surface area contributed by atoms with E-state index in [0.29, 0.717) is 27.7 Å². The monoisotopic (exact) mass is 321 g/mol. The van der Waals surface area contributed by atoms with Crippen LogP contribution in [0.4, 0.5) is 11.6 Å². The molecule has 108 valence electrons. The number of pyridine rings is 1. The van der Waals surface area contributed by atoms with Gasteiger partial charge in [0.15, 0.2) is 0 Å². The predicted molar refractivity (Wildman–Crippen MR) is 89.1 cm³/mol. The number of aromatic nitrogens is 1. The van der Waals surface area contributed by atoms with Gasteiger partial charge in [-0.05, 0) is 37.8 Å². The van der Waals surface area contributed by atoms with Crippen LogP contribution in [0, 0.1) is 0 Å². The van der Waals surface area contributed by atoms with Gasteiger partial charge in [0.25, 0.3) is 0 Å². The van der Waals surface area contributed by atoms with Crippen LogP contribution in [0.5, 0.6) is 0 Å². The maximum Gasteiger partial charge on any atom is 0.147 e. The van der Waals surface area contributed by atoms with Crippen LogP contribution in [-0.2, 0) is 0 Å². The quantitative estimate of drug-likeness (QED) is 0.723. The van der Waals surface area contributed by atoms with E-state index in [2.05, 4.69) is 35.7 Å². The van der Waals surface area contributed by atoms with E-state index in [-0.39, 0.29) is 0 Å². The van der Waals surface area contributed by atoms with Crippen LogP contribution >= 0.6 is 35.0 Å². The number of rotatable bonds is 8. The Morgan fingerprint density at radius 1 is 1.32 bits per heavy atom. The molecule has 0 saturated carbocycles. The van der Waals surface area contributed by atoms with Crippen LogP contribution in [-0.4, -0.2) is 29.6 Å². The molecule has 0 amide bonds. The summed E-state index contributed by atoms with van der Waals surface area (Å²) in [6.07, 6.45) is 4.19. The first-order valence-corrected chi connectivity index (χ1v) is 8.58. The highest BCUT2D eigenvalue weighted by Gasteiger charge is 2.11. The summed E-state index contributed by atoms with van der Waals surface area (Å²) in [6.45, 7) is 5.07. The number of hydrogen-bond acceptors (Lipinski definition) is 4. The highest BCUT2D eigenvalue weighted by molar-refractivity contribution is 7.98. The van der Waals surface area contributed by atoms with Crippen molar-refractivity contribution in [2.24, 2.45) is 0 Å². The van der Waals surface area contributed by atoms with E-state index in [4.69, 9.17) is 23.2 Å². The van der Waals surface area contributed by atoms with Gasteiger partial charge >= 0.3 is 0 Å². The molecule has 0 fully saturated rings. The van der Waals surface area contributed by atoms with Gasteiger partial charge in [0.1, 0.15) is 11.6 Å². The lowest BCUT2D eigenvalue weighted by atomic mass is 10.2. The third-order valence-corrected chi connectivity index (χ3v) is 3.83. The average Bonchev–Trinajstić information content (AvgIpc) is 2.38. The lowest BCUT2D eigenvalue weighted by Gasteiger charge is -2.17. The lowest BCUT2D eigenvalue weighted by Crippen LogP contribution is -2.17. The molecule has 1 heterocycles. The van der Waals surface area contributed by atoms with Crippen molar-refractivity contribution in [3.63, 3.8) is 0 Å². The van der Waals surface area contributed by atoms with Gasteiger partial charge in [-0.1, -0.05) is 30.1 Å². The first kappa shape index (κ1) is 16.7. The zero-order chi connectivity index (χ0) is 14.3. The molecule has 0 aromatic carbocycles. The standard InChI is InChI=1S/C13H21Cl2N3S/c1-4-6-16-12-10(14)8-11(15)13(18-12)17-9(2)5-7-19-3/h8-9H,4-7H2,1-3H3,(H2,16,17,18). The van der Waals surface area contributed by atoms with Crippen molar-refractivity contribution in [1.29, 1.82) is 0 Å². The minimum Gasteiger partial charge on any atom is -0.369 e. The van der Waals surface area contributed by atoms with Crippen LogP contribution in [0.2, 0.25) is 10.0 Å². The molecule has 2 N–H and O–H groups in total. The van der Waals surface area contributed by atoms with Crippen molar-refractivity contribution >= 4 is 46.6 Å². The normalized spacial score (nSPS) is 12.3. The van der Waals surface area contributed by atoms with E-state index in [1.54, 1.807) is 6.07 Å². The molecular weight excluding hydrogens is 301 g/mol. The van der Waals surface area contributed by atoms with E-state index in [0.717, 1.165) is 25.1 Å². The van der Waals surface area contributed by atoms with Gasteiger partial charge in [0.2, 0.25) is 0 Å². The molecule has 0 radical (unpaired) electrons. The zero-order valence-corrected chi connectivity index (χ0v) is 13.9. The van der Waals surface area contributed by atoms with Crippen molar-refractivity contribution in [1.82, 2.24) is 4.98 Å². The smallest absolute Gasteiger partial charge is 0.147 e. The van der Waals surface area contributed by atoms with Gasteiger partial charge in [-0.2, -0.15) is 11.8 Å². The van der Waals surface area contributed by atoms with Gasteiger partial charge in [-0.3, -0.25) is 0 Å². The number of anilines is 2. The lowest BCUT2D eigenvalue weighted by molar-refractivity contribution is 0.767. The molecule has 0 spiro atoms. The molecule has 1 unspecified atom stereocenters. The minimum absolute atomic E-state index is 0.331. The van der Waals surface area contributed by atoms with E-state index in [1.807, 2.05) is 11.8 Å². The topological polar surface area (TPSA) is 37.0 Å². The number of thioether (sulfide) groups is 1. The fourth-order valence-corrected chi connectivity index (χ4v) is 2.60. The van der Waals surface area contributed by atoms with Crippen LogP contribution in [0.3, 0.4) is 0 Å². The summed E-state index contributed by atoms with van der Waals surface area (Å²) in [5.41, 5.74) is 0. The van der Waals surface area contributed by atoms with Crippen molar-refractivity contribution in [3.05, 3.63) is 16.1 Å². The SMILES string of the molecule is CCCNc1nc(NC(C)CCSC)c(Cl)cc1Cl. The molecule has 1 rings (SSSR count). The largest absolute Gasteiger partial charge is 0.369 e. The number of halogens is 2. The molecule has 6 heteroatoms. The Morgan fingerprint density at radius 2 is 2.00 bits per heavy atom. The van der Waals surface area contributed by atoms with Gasteiger partial charge < -0.3 is 10.6 Å². The van der Waals surface area contributed by atoms with E-state index < -0.39 is 0 Å². The molecule has 1 atom stereocenters. The summed E-state index contributed by atoms with van der Waals surface area (Å²) in [5.74, 6) is 2.49. The maximum atomic E-state index is 6.17. The fraction of sp³-hybridized carbons (Fsp3) is 0.615. The van der Waals surface area contributed by atoms with E-state index in [1.165, 1.54) is 0 Å². The molecule has 0 bridgehead atoms. The Labute approximate surface area is 129 Å². The summed E-state index contributed by atoms with van der Waals surface area (Å²) in [7, 11) is 0. The molecule has 1 aromatic rings. The predicted octanol–water partition coefficient (Wildman–Crippen LogP) is 4.76. The molecule has 0 saturated heterocycles. The van der Waals surface area contributed by atoms with Crippen LogP contribution in [0.15, 0.2) is 6.07 Å². The van der Waals surface area contributed by atoms with Crippen molar-refractivity contribution in [2.75, 3.05) is 29.2 Å². The highest BCUT2D eigenvalue weighted by Crippen LogP contribution is 2.29. The van der Waals surface area contributed by atoms with Gasteiger partial charge in [0, 0.05) is 12.6 Å². The van der Waals surface area contributed by atoms with Crippen molar-refractivity contribution in [2.45, 2.75) is 32.7 Å². The summed E-state index contributed by atoms with van der Waals surface area (Å²) < 4.78 is 0.